The Balaban J connectivity index is 1.72. The molecule has 0 saturated carbocycles. The lowest BCUT2D eigenvalue weighted by molar-refractivity contribution is 0.311. The van der Waals surface area contributed by atoms with E-state index in [1.165, 1.54) is 0 Å². The van der Waals surface area contributed by atoms with Gasteiger partial charge in [0.05, 0.1) is 19.2 Å². The first-order chi connectivity index (χ1) is 13.2. The van der Waals surface area contributed by atoms with E-state index in [1.807, 2.05) is 55.6 Å². The number of aromatic nitrogens is 1. The molecule has 0 aliphatic rings. The molecule has 0 aliphatic heterocycles. The minimum Gasteiger partial charge on any atom is -0.493 e. The Morgan fingerprint density at radius 2 is 1.96 bits per heavy atom. The van der Waals surface area contributed by atoms with Gasteiger partial charge >= 0.3 is 0 Å². The molecular formula is C21H24N4O2. The number of hydrogen-bond acceptors (Lipinski definition) is 4. The van der Waals surface area contributed by atoms with Crippen LogP contribution in [0, 0.1) is 0 Å². The number of nitrogens with one attached hydrogen (secondary N) is 2. The fraction of sp³-hybridized carbons (Fsp3) is 0.238. The third-order valence-electron chi connectivity index (χ3n) is 4.14. The number of pyridine rings is 1. The van der Waals surface area contributed by atoms with Gasteiger partial charge in [0, 0.05) is 36.9 Å². The molecule has 1 heterocycles. The monoisotopic (exact) mass is 364 g/mol. The van der Waals surface area contributed by atoms with Crippen LogP contribution in [0.3, 0.4) is 0 Å². The first-order valence-electron chi connectivity index (χ1n) is 8.86. The van der Waals surface area contributed by atoms with Gasteiger partial charge in [-0.2, -0.15) is 0 Å². The Morgan fingerprint density at radius 3 is 2.74 bits per heavy atom. The fourth-order valence-corrected chi connectivity index (χ4v) is 2.83. The number of para-hydroxylation sites is 1. The molecule has 6 nitrogen and oxygen atoms in total. The largest absolute Gasteiger partial charge is 0.493 e. The first kappa shape index (κ1) is 18.5. The summed E-state index contributed by atoms with van der Waals surface area (Å²) in [6.07, 6.45) is 1.83. The van der Waals surface area contributed by atoms with Gasteiger partial charge in [-0.1, -0.05) is 18.2 Å². The second-order valence-electron chi connectivity index (χ2n) is 5.84. The molecule has 2 N–H and O–H groups in total. The number of benzene rings is 2. The highest BCUT2D eigenvalue weighted by Gasteiger charge is 2.08. The SMILES string of the molecule is CCOc1cc(NC(=NC)NCc2ccnc3ccccc23)ccc1OC. The summed E-state index contributed by atoms with van der Waals surface area (Å²) in [5, 5.41) is 7.76. The van der Waals surface area contributed by atoms with Crippen LogP contribution in [0.15, 0.2) is 59.7 Å². The molecule has 2 aromatic carbocycles. The number of aliphatic imine (C=N–C) groups is 1. The van der Waals surface area contributed by atoms with Gasteiger partial charge < -0.3 is 20.1 Å². The molecular weight excluding hydrogens is 340 g/mol. The Kier molecular flexibility index (Phi) is 6.10. The van der Waals surface area contributed by atoms with E-state index in [0.29, 0.717) is 30.6 Å². The Hall–Kier alpha value is -3.28. The summed E-state index contributed by atoms with van der Waals surface area (Å²) in [5.41, 5.74) is 3.01. The van der Waals surface area contributed by atoms with Crippen molar-refractivity contribution in [1.82, 2.24) is 10.3 Å². The van der Waals surface area contributed by atoms with Crippen molar-refractivity contribution in [2.45, 2.75) is 13.5 Å². The van der Waals surface area contributed by atoms with Crippen molar-refractivity contribution in [3.05, 3.63) is 60.3 Å². The highest BCUT2D eigenvalue weighted by molar-refractivity contribution is 5.94. The number of nitrogens with zero attached hydrogens (tertiary/aromatic N) is 2. The van der Waals surface area contributed by atoms with Gasteiger partial charge in [0.15, 0.2) is 17.5 Å². The van der Waals surface area contributed by atoms with Crippen LogP contribution in [0.1, 0.15) is 12.5 Å². The smallest absolute Gasteiger partial charge is 0.195 e. The van der Waals surface area contributed by atoms with E-state index in [2.05, 4.69) is 26.7 Å². The molecule has 6 heteroatoms. The van der Waals surface area contributed by atoms with Crippen LogP contribution >= 0.6 is 0 Å². The summed E-state index contributed by atoms with van der Waals surface area (Å²) >= 11 is 0. The molecule has 140 valence electrons. The normalized spacial score (nSPS) is 11.3. The summed E-state index contributed by atoms with van der Waals surface area (Å²) < 4.78 is 11.0. The van der Waals surface area contributed by atoms with E-state index in [0.717, 1.165) is 22.2 Å². The lowest BCUT2D eigenvalue weighted by atomic mass is 10.1. The van der Waals surface area contributed by atoms with Crippen LogP contribution in [-0.4, -0.2) is 31.7 Å². The van der Waals surface area contributed by atoms with E-state index in [4.69, 9.17) is 9.47 Å². The van der Waals surface area contributed by atoms with Crippen LogP contribution in [0.4, 0.5) is 5.69 Å². The van der Waals surface area contributed by atoms with Gasteiger partial charge in [0.1, 0.15) is 0 Å². The van der Waals surface area contributed by atoms with Gasteiger partial charge in [-0.3, -0.25) is 9.98 Å². The summed E-state index contributed by atoms with van der Waals surface area (Å²) in [6.45, 7) is 3.15. The van der Waals surface area contributed by atoms with Gasteiger partial charge in [-0.05, 0) is 36.8 Å². The van der Waals surface area contributed by atoms with Crippen molar-refractivity contribution in [3.8, 4) is 11.5 Å². The quantitative estimate of drug-likeness (QED) is 0.514. The second-order valence-corrected chi connectivity index (χ2v) is 5.84. The number of anilines is 1. The highest BCUT2D eigenvalue weighted by atomic mass is 16.5. The molecule has 0 spiro atoms. The van der Waals surface area contributed by atoms with Crippen LogP contribution in [0.25, 0.3) is 10.9 Å². The predicted octanol–water partition coefficient (Wildman–Crippen LogP) is 3.83. The van der Waals surface area contributed by atoms with Crippen molar-refractivity contribution in [2.24, 2.45) is 4.99 Å². The minimum atomic E-state index is 0.571. The summed E-state index contributed by atoms with van der Waals surface area (Å²) in [6, 6.07) is 15.8. The zero-order chi connectivity index (χ0) is 19.1. The maximum atomic E-state index is 5.63. The molecule has 0 bridgehead atoms. The molecule has 3 aromatic rings. The highest BCUT2D eigenvalue weighted by Crippen LogP contribution is 2.30. The van der Waals surface area contributed by atoms with E-state index in [1.54, 1.807) is 14.2 Å². The molecule has 0 radical (unpaired) electrons. The molecule has 0 atom stereocenters. The van der Waals surface area contributed by atoms with Gasteiger partial charge in [0.25, 0.3) is 0 Å². The zero-order valence-corrected chi connectivity index (χ0v) is 15.8. The molecule has 1 aromatic heterocycles. The molecule has 27 heavy (non-hydrogen) atoms. The standard InChI is InChI=1S/C21H24N4O2/c1-4-27-20-13-16(9-10-19(20)26-3)25-21(22-2)24-14-15-11-12-23-18-8-6-5-7-17(15)18/h5-13H,4,14H2,1-3H3,(H2,22,24,25). The second kappa shape index (κ2) is 8.89. The van der Waals surface area contributed by atoms with Gasteiger partial charge in [-0.15, -0.1) is 0 Å². The fourth-order valence-electron chi connectivity index (χ4n) is 2.83. The van der Waals surface area contributed by atoms with Crippen LogP contribution in [0.5, 0.6) is 11.5 Å². The maximum Gasteiger partial charge on any atom is 0.195 e. The predicted molar refractivity (Wildman–Crippen MR) is 110 cm³/mol. The Labute approximate surface area is 159 Å². The van der Waals surface area contributed by atoms with Crippen LogP contribution < -0.4 is 20.1 Å². The van der Waals surface area contributed by atoms with Gasteiger partial charge in [0.2, 0.25) is 0 Å². The molecule has 0 amide bonds. The molecule has 0 saturated heterocycles. The topological polar surface area (TPSA) is 67.8 Å². The van der Waals surface area contributed by atoms with Crippen LogP contribution in [0.2, 0.25) is 0 Å². The number of ether oxygens (including phenoxy) is 2. The summed E-state index contributed by atoms with van der Waals surface area (Å²) in [4.78, 5) is 8.70. The zero-order valence-electron chi connectivity index (χ0n) is 15.8. The average molecular weight is 364 g/mol. The third kappa shape index (κ3) is 4.47. The van der Waals surface area contributed by atoms with Gasteiger partial charge in [-0.25, -0.2) is 0 Å². The molecule has 0 unspecified atom stereocenters. The van der Waals surface area contributed by atoms with E-state index in [9.17, 15) is 0 Å². The molecule has 3 rings (SSSR count). The summed E-state index contributed by atoms with van der Waals surface area (Å²) in [7, 11) is 3.37. The summed E-state index contributed by atoms with van der Waals surface area (Å²) in [5.74, 6) is 2.07. The Morgan fingerprint density at radius 1 is 1.11 bits per heavy atom. The van der Waals surface area contributed by atoms with Crippen LogP contribution in [-0.2, 0) is 6.54 Å². The van der Waals surface area contributed by atoms with Crippen molar-refractivity contribution >= 4 is 22.5 Å². The van der Waals surface area contributed by atoms with Crippen molar-refractivity contribution < 1.29 is 9.47 Å². The van der Waals surface area contributed by atoms with Crippen molar-refractivity contribution in [1.29, 1.82) is 0 Å². The number of guanidine groups is 1. The van der Waals surface area contributed by atoms with E-state index >= 15 is 0 Å². The first-order valence-corrected chi connectivity index (χ1v) is 8.86. The lowest BCUT2D eigenvalue weighted by Crippen LogP contribution is -2.30. The number of rotatable bonds is 6. The average Bonchev–Trinajstić information content (AvgIpc) is 2.71. The number of methoxy groups -OCH3 is 1. The van der Waals surface area contributed by atoms with Crippen molar-refractivity contribution in [2.75, 3.05) is 26.1 Å². The number of hydrogen-bond donors (Lipinski definition) is 2. The van der Waals surface area contributed by atoms with E-state index in [-0.39, 0.29) is 0 Å². The minimum absolute atomic E-state index is 0.571. The molecule has 0 fully saturated rings. The maximum absolute atomic E-state index is 5.63. The molecule has 0 aliphatic carbocycles. The lowest BCUT2D eigenvalue weighted by Gasteiger charge is -2.15. The Bertz CT molecular complexity index is 935. The number of fused-ring (bicyclic) bond motifs is 1. The van der Waals surface area contributed by atoms with Crippen molar-refractivity contribution in [3.63, 3.8) is 0 Å². The third-order valence-corrected chi connectivity index (χ3v) is 4.14. The van der Waals surface area contributed by atoms with E-state index < -0.39 is 0 Å².